The van der Waals surface area contributed by atoms with E-state index in [1.807, 2.05) is 12.1 Å². The molecule has 5 aromatic rings. The third-order valence-corrected chi connectivity index (χ3v) is 14.4. The van der Waals surface area contributed by atoms with Gasteiger partial charge in [0.25, 0.3) is 23.6 Å². The molecule has 0 saturated heterocycles. The van der Waals surface area contributed by atoms with Crippen LogP contribution in [0.2, 0.25) is 0 Å². The van der Waals surface area contributed by atoms with Crippen molar-refractivity contribution in [3.63, 3.8) is 0 Å². The first-order chi connectivity index (χ1) is 31.3. The lowest BCUT2D eigenvalue weighted by atomic mass is 9.79. The second-order valence-electron chi connectivity index (χ2n) is 18.8. The number of fused-ring (bicyclic) bond motifs is 2. The molecule has 5 aromatic carbocycles. The molecule has 0 aromatic heterocycles. The summed E-state index contributed by atoms with van der Waals surface area (Å²) in [5.74, 6) is -1.35. The molecule has 0 fully saturated rings. The fourth-order valence-corrected chi connectivity index (χ4v) is 11.1. The van der Waals surface area contributed by atoms with Crippen LogP contribution in [-0.4, -0.2) is 45.5 Å². The standard InChI is InChI=1S/C56H68N4O4/c1-6-10-14-18-22-26-38(27-23-19-15-11-7-2)59-53(61)42-33-31-41-50-46(58-5)35-45-49-43(32-30-40(52(49)50)47-37(36-57)34-44(55(59)63)48(42)51(41)47)54(62)60(56(45)64)39(28-24-20-16-12-8-3)29-25-21-17-13-9-4/h30-35,38-39H,6-29H2,1-4H3. The average molecular weight is 861 g/mol. The Morgan fingerprint density at radius 1 is 0.469 bits per heavy atom. The number of imide groups is 2. The molecule has 0 radical (unpaired) electrons. The van der Waals surface area contributed by atoms with Gasteiger partial charge in [-0.05, 0) is 76.9 Å². The predicted molar refractivity (Wildman–Crippen MR) is 261 cm³/mol. The van der Waals surface area contributed by atoms with E-state index in [1.54, 1.807) is 24.3 Å². The minimum absolute atomic E-state index is 0.242. The van der Waals surface area contributed by atoms with E-state index < -0.39 is 0 Å². The zero-order valence-corrected chi connectivity index (χ0v) is 39.0. The van der Waals surface area contributed by atoms with E-state index in [1.165, 1.54) is 35.5 Å². The van der Waals surface area contributed by atoms with Crippen LogP contribution in [-0.2, 0) is 0 Å². The number of nitriles is 1. The second kappa shape index (κ2) is 21.6. The summed E-state index contributed by atoms with van der Waals surface area (Å²) >= 11 is 0. The van der Waals surface area contributed by atoms with E-state index in [-0.39, 0.29) is 47.0 Å². The van der Waals surface area contributed by atoms with Crippen LogP contribution in [0.4, 0.5) is 5.69 Å². The van der Waals surface area contributed by atoms with Crippen molar-refractivity contribution in [2.24, 2.45) is 0 Å². The van der Waals surface area contributed by atoms with E-state index in [4.69, 9.17) is 6.57 Å². The molecule has 0 saturated carbocycles. The van der Waals surface area contributed by atoms with Crippen LogP contribution >= 0.6 is 0 Å². The predicted octanol–water partition coefficient (Wildman–Crippen LogP) is 15.5. The largest absolute Gasteiger partial charge is 0.271 e. The maximum Gasteiger partial charge on any atom is 0.261 e. The van der Waals surface area contributed by atoms with Gasteiger partial charge in [0.15, 0.2) is 5.69 Å². The Labute approximate surface area is 380 Å². The summed E-state index contributed by atoms with van der Waals surface area (Å²) in [7, 11) is 0. The van der Waals surface area contributed by atoms with E-state index in [0.29, 0.717) is 65.3 Å². The van der Waals surface area contributed by atoms with Crippen molar-refractivity contribution in [2.75, 3.05) is 0 Å². The van der Waals surface area contributed by atoms with E-state index in [2.05, 4.69) is 38.6 Å². The normalized spacial score (nSPS) is 13.9. The highest BCUT2D eigenvalue weighted by molar-refractivity contribution is 6.43. The van der Waals surface area contributed by atoms with Gasteiger partial charge in [-0.15, -0.1) is 0 Å². The fourth-order valence-electron chi connectivity index (χ4n) is 11.1. The van der Waals surface area contributed by atoms with E-state index in [0.717, 1.165) is 128 Å². The first-order valence-corrected chi connectivity index (χ1v) is 25.1. The Kier molecular flexibility index (Phi) is 15.7. The Hall–Kier alpha value is -5.34. The highest BCUT2D eigenvalue weighted by atomic mass is 16.2. The van der Waals surface area contributed by atoms with Gasteiger partial charge in [-0.25, -0.2) is 4.85 Å². The molecule has 8 heteroatoms. The minimum Gasteiger partial charge on any atom is -0.271 e. The third-order valence-electron chi connectivity index (χ3n) is 14.4. The van der Waals surface area contributed by atoms with Crippen molar-refractivity contribution in [3.05, 3.63) is 75.6 Å². The van der Waals surface area contributed by atoms with E-state index in [9.17, 15) is 24.4 Å². The van der Waals surface area contributed by atoms with Crippen LogP contribution in [0.5, 0.6) is 0 Å². The van der Waals surface area contributed by atoms with Crippen molar-refractivity contribution in [2.45, 2.75) is 194 Å². The van der Waals surface area contributed by atoms with Crippen molar-refractivity contribution in [3.8, 4) is 6.07 Å². The molecule has 0 aliphatic carbocycles. The van der Waals surface area contributed by atoms with Crippen LogP contribution < -0.4 is 0 Å². The summed E-state index contributed by atoms with van der Waals surface area (Å²) < 4.78 is 0. The number of carbonyl (C=O) groups excluding carboxylic acids is 4. The lowest BCUT2D eigenvalue weighted by Crippen LogP contribution is -2.47. The van der Waals surface area contributed by atoms with Crippen molar-refractivity contribution in [1.29, 1.82) is 5.26 Å². The molecule has 2 aliphatic rings. The van der Waals surface area contributed by atoms with Crippen LogP contribution in [0, 0.1) is 17.9 Å². The number of carbonyl (C=O) groups is 4. The quantitative estimate of drug-likeness (QED) is 0.0181. The van der Waals surface area contributed by atoms with Gasteiger partial charge in [-0.1, -0.05) is 168 Å². The zero-order valence-electron chi connectivity index (χ0n) is 39.0. The smallest absolute Gasteiger partial charge is 0.261 e. The lowest BCUT2D eigenvalue weighted by molar-refractivity contribution is 0.0501. The first kappa shape index (κ1) is 46.6. The molecule has 0 atom stereocenters. The summed E-state index contributed by atoms with van der Waals surface area (Å²) in [6, 6.07) is 12.5. The Balaban J connectivity index is 1.35. The molecule has 8 nitrogen and oxygen atoms in total. The van der Waals surface area contributed by atoms with Crippen LogP contribution in [0.1, 0.15) is 229 Å². The molecule has 4 amide bonds. The number of benzene rings is 5. The van der Waals surface area contributed by atoms with Gasteiger partial charge in [0.05, 0.1) is 23.8 Å². The fraction of sp³-hybridized carbons (Fsp3) is 0.536. The monoisotopic (exact) mass is 861 g/mol. The number of rotatable bonds is 26. The summed E-state index contributed by atoms with van der Waals surface area (Å²) in [6.07, 6.45) is 24.7. The molecular formula is C56H68N4O4. The van der Waals surface area contributed by atoms with E-state index >= 15 is 0 Å². The van der Waals surface area contributed by atoms with Gasteiger partial charge in [0, 0.05) is 44.9 Å². The molecule has 336 valence electrons. The van der Waals surface area contributed by atoms with Crippen molar-refractivity contribution in [1.82, 2.24) is 9.80 Å². The number of hydrogen-bond donors (Lipinski definition) is 0. The molecule has 0 spiro atoms. The van der Waals surface area contributed by atoms with Gasteiger partial charge in [-0.3, -0.25) is 29.0 Å². The Morgan fingerprint density at radius 2 is 0.828 bits per heavy atom. The first-order valence-electron chi connectivity index (χ1n) is 25.1. The summed E-state index contributed by atoms with van der Waals surface area (Å²) in [5.41, 5.74) is 2.09. The Morgan fingerprint density at radius 3 is 1.22 bits per heavy atom. The highest BCUT2D eigenvalue weighted by Gasteiger charge is 2.41. The summed E-state index contributed by atoms with van der Waals surface area (Å²) in [4.78, 5) is 66.4. The number of nitrogens with zero attached hydrogens (tertiary/aromatic N) is 4. The van der Waals surface area contributed by atoms with Gasteiger partial charge in [0.1, 0.15) is 0 Å². The van der Waals surface area contributed by atoms with Gasteiger partial charge >= 0.3 is 0 Å². The molecule has 64 heavy (non-hydrogen) atoms. The van der Waals surface area contributed by atoms with Gasteiger partial charge < -0.3 is 0 Å². The maximum absolute atomic E-state index is 14.9. The Bertz CT molecular complexity index is 2400. The lowest BCUT2D eigenvalue weighted by Gasteiger charge is -2.36. The number of amides is 4. The SMILES string of the molecule is [C-]#[N+]c1cc2c3c(ccc4c5c(C#N)cc6c7c(ccc(c1c34)c75)C(=O)N(C(CCCCCCC)CCCCCCC)C6=O)C(=O)N(C(CCCCCCC)CCCCCCC)C2=O. The third kappa shape index (κ3) is 8.87. The van der Waals surface area contributed by atoms with Gasteiger partial charge in [-0.2, -0.15) is 5.26 Å². The minimum atomic E-state index is -0.368. The van der Waals surface area contributed by atoms with Crippen LogP contribution in [0.15, 0.2) is 36.4 Å². The zero-order chi connectivity index (χ0) is 45.3. The van der Waals surface area contributed by atoms with Gasteiger partial charge in [0.2, 0.25) is 0 Å². The van der Waals surface area contributed by atoms with Crippen LogP contribution in [0.3, 0.4) is 0 Å². The van der Waals surface area contributed by atoms with Crippen molar-refractivity contribution >= 4 is 72.4 Å². The molecule has 0 bridgehead atoms. The van der Waals surface area contributed by atoms with Crippen LogP contribution in [0.25, 0.3) is 47.9 Å². The molecule has 7 rings (SSSR count). The highest BCUT2D eigenvalue weighted by Crippen LogP contribution is 2.51. The average Bonchev–Trinajstić information content (AvgIpc) is 3.30. The summed E-state index contributed by atoms with van der Waals surface area (Å²) in [6.45, 7) is 17.3. The summed E-state index contributed by atoms with van der Waals surface area (Å²) in [5, 5.41) is 15.5. The molecule has 2 heterocycles. The molecular weight excluding hydrogens is 793 g/mol. The maximum atomic E-state index is 14.9. The van der Waals surface area contributed by atoms with Crippen molar-refractivity contribution < 1.29 is 19.2 Å². The molecule has 2 aliphatic heterocycles. The topological polar surface area (TPSA) is 103 Å². The number of unbranched alkanes of at least 4 members (excludes halogenated alkanes) is 16. The number of hydrogen-bond acceptors (Lipinski definition) is 5. The molecule has 0 N–H and O–H groups in total. The molecule has 0 unspecified atom stereocenters. The second-order valence-corrected chi connectivity index (χ2v) is 18.8.